The molecule has 96 valence electrons. The van der Waals surface area contributed by atoms with Gasteiger partial charge in [-0.25, -0.2) is 4.39 Å². The molecule has 0 aromatic heterocycles. The van der Waals surface area contributed by atoms with Crippen molar-refractivity contribution in [3.63, 3.8) is 0 Å². The zero-order valence-corrected chi connectivity index (χ0v) is 11.6. The maximum atomic E-state index is 13.2. The molecule has 2 N–H and O–H groups in total. The third-order valence-corrected chi connectivity index (χ3v) is 3.14. The first-order valence-electron chi connectivity index (χ1n) is 5.05. The van der Waals surface area contributed by atoms with Crippen LogP contribution in [-0.2, 0) is 6.54 Å². The highest BCUT2D eigenvalue weighted by atomic mass is 35.5. The standard InChI is InChI=1S/C13H10Cl2FN.ClH/c14-12-3-1-8(7-17)5-10(12)11-6-9(16)2-4-13(11)15;/h1-6H,7,17H2;1H. The van der Waals surface area contributed by atoms with Crippen LogP contribution >= 0.6 is 35.6 Å². The third kappa shape index (κ3) is 3.15. The summed E-state index contributed by atoms with van der Waals surface area (Å²) < 4.78 is 13.2. The van der Waals surface area contributed by atoms with Gasteiger partial charge < -0.3 is 5.73 Å². The molecular weight excluding hydrogens is 296 g/mol. The summed E-state index contributed by atoms with van der Waals surface area (Å²) in [6, 6.07) is 9.58. The molecule has 0 aliphatic heterocycles. The van der Waals surface area contributed by atoms with Crippen molar-refractivity contribution in [3.05, 3.63) is 57.8 Å². The van der Waals surface area contributed by atoms with Gasteiger partial charge in [0.15, 0.2) is 0 Å². The van der Waals surface area contributed by atoms with Gasteiger partial charge in [-0.3, -0.25) is 0 Å². The van der Waals surface area contributed by atoms with Crippen molar-refractivity contribution in [2.45, 2.75) is 6.54 Å². The van der Waals surface area contributed by atoms with E-state index < -0.39 is 0 Å². The second kappa shape index (κ2) is 6.39. The molecule has 5 heteroatoms. The number of nitrogens with two attached hydrogens (primary N) is 1. The topological polar surface area (TPSA) is 26.0 Å². The molecule has 0 heterocycles. The van der Waals surface area contributed by atoms with Crippen LogP contribution in [-0.4, -0.2) is 0 Å². The van der Waals surface area contributed by atoms with Crippen molar-refractivity contribution in [3.8, 4) is 11.1 Å². The Kier molecular flexibility index (Phi) is 5.42. The van der Waals surface area contributed by atoms with Crippen LogP contribution < -0.4 is 5.73 Å². The zero-order valence-electron chi connectivity index (χ0n) is 9.29. The monoisotopic (exact) mass is 305 g/mol. The second-order valence-corrected chi connectivity index (χ2v) is 4.46. The number of hydrogen-bond acceptors (Lipinski definition) is 1. The largest absolute Gasteiger partial charge is 0.326 e. The van der Waals surface area contributed by atoms with Gasteiger partial charge in [0.2, 0.25) is 0 Å². The summed E-state index contributed by atoms with van der Waals surface area (Å²) in [7, 11) is 0. The highest BCUT2D eigenvalue weighted by Gasteiger charge is 2.09. The van der Waals surface area contributed by atoms with Gasteiger partial charge >= 0.3 is 0 Å². The van der Waals surface area contributed by atoms with E-state index in [1.165, 1.54) is 18.2 Å². The maximum absolute atomic E-state index is 13.2. The fraction of sp³-hybridized carbons (Fsp3) is 0.0769. The molecule has 0 spiro atoms. The van der Waals surface area contributed by atoms with E-state index in [2.05, 4.69) is 0 Å². The minimum Gasteiger partial charge on any atom is -0.326 e. The summed E-state index contributed by atoms with van der Waals surface area (Å²) in [5, 5.41) is 0.983. The molecule has 0 aliphatic carbocycles. The van der Waals surface area contributed by atoms with Crippen molar-refractivity contribution < 1.29 is 4.39 Å². The number of hydrogen-bond donors (Lipinski definition) is 1. The van der Waals surface area contributed by atoms with E-state index in [4.69, 9.17) is 28.9 Å². The van der Waals surface area contributed by atoms with Crippen molar-refractivity contribution in [1.29, 1.82) is 0 Å². The maximum Gasteiger partial charge on any atom is 0.123 e. The lowest BCUT2D eigenvalue weighted by molar-refractivity contribution is 0.628. The lowest BCUT2D eigenvalue weighted by atomic mass is 10.0. The van der Waals surface area contributed by atoms with Crippen molar-refractivity contribution >= 4 is 35.6 Å². The SMILES string of the molecule is Cl.NCc1ccc(Cl)c(-c2cc(F)ccc2Cl)c1. The average Bonchev–Trinajstić information content (AvgIpc) is 2.33. The highest BCUT2D eigenvalue weighted by Crippen LogP contribution is 2.34. The van der Waals surface area contributed by atoms with Crippen LogP contribution in [0.4, 0.5) is 4.39 Å². The molecule has 0 fully saturated rings. The van der Waals surface area contributed by atoms with Crippen LogP contribution in [0.2, 0.25) is 10.0 Å². The van der Waals surface area contributed by atoms with E-state index in [0.29, 0.717) is 27.7 Å². The Morgan fingerprint density at radius 3 is 2.11 bits per heavy atom. The first-order chi connectivity index (χ1) is 8.11. The highest BCUT2D eigenvalue weighted by molar-refractivity contribution is 6.36. The molecular formula is C13H11Cl3FN. The summed E-state index contributed by atoms with van der Waals surface area (Å²) in [6.07, 6.45) is 0. The van der Waals surface area contributed by atoms with Gasteiger partial charge in [-0.05, 0) is 35.9 Å². The molecule has 2 rings (SSSR count). The summed E-state index contributed by atoms with van der Waals surface area (Å²) in [6.45, 7) is 0.400. The van der Waals surface area contributed by atoms with Crippen LogP contribution in [0.25, 0.3) is 11.1 Å². The summed E-state index contributed by atoms with van der Waals surface area (Å²) in [4.78, 5) is 0. The smallest absolute Gasteiger partial charge is 0.123 e. The molecule has 0 radical (unpaired) electrons. The quantitative estimate of drug-likeness (QED) is 0.856. The van der Waals surface area contributed by atoms with E-state index in [9.17, 15) is 4.39 Å². The molecule has 18 heavy (non-hydrogen) atoms. The number of halogens is 4. The third-order valence-electron chi connectivity index (χ3n) is 2.49. The molecule has 0 amide bonds. The van der Waals surface area contributed by atoms with Gasteiger partial charge in [-0.1, -0.05) is 29.3 Å². The summed E-state index contributed by atoms with van der Waals surface area (Å²) in [5.74, 6) is -0.349. The normalized spacial score (nSPS) is 10.0. The Hall–Kier alpha value is -0.800. The molecule has 0 aliphatic rings. The van der Waals surface area contributed by atoms with Gasteiger partial charge in [-0.2, -0.15) is 0 Å². The predicted molar refractivity (Wildman–Crippen MR) is 77.0 cm³/mol. The summed E-state index contributed by atoms with van der Waals surface area (Å²) >= 11 is 12.1. The first kappa shape index (κ1) is 15.3. The first-order valence-corrected chi connectivity index (χ1v) is 5.81. The van der Waals surface area contributed by atoms with Gasteiger partial charge in [0.05, 0.1) is 0 Å². The number of benzene rings is 2. The predicted octanol–water partition coefficient (Wildman–Crippen LogP) is 4.68. The van der Waals surface area contributed by atoms with E-state index in [1.807, 2.05) is 12.1 Å². The van der Waals surface area contributed by atoms with Crippen molar-refractivity contribution in [2.75, 3.05) is 0 Å². The lowest BCUT2D eigenvalue weighted by Gasteiger charge is -2.09. The van der Waals surface area contributed by atoms with Crippen LogP contribution in [0.3, 0.4) is 0 Å². The Balaban J connectivity index is 0.00000162. The van der Waals surface area contributed by atoms with Gasteiger partial charge in [0.1, 0.15) is 5.82 Å². The Morgan fingerprint density at radius 2 is 1.50 bits per heavy atom. The van der Waals surface area contributed by atoms with Crippen molar-refractivity contribution in [1.82, 2.24) is 0 Å². The molecule has 0 saturated carbocycles. The fourth-order valence-electron chi connectivity index (χ4n) is 1.61. The van der Waals surface area contributed by atoms with Gasteiger partial charge in [0.25, 0.3) is 0 Å². The van der Waals surface area contributed by atoms with Crippen LogP contribution in [0.5, 0.6) is 0 Å². The van der Waals surface area contributed by atoms with Crippen LogP contribution in [0.1, 0.15) is 5.56 Å². The lowest BCUT2D eigenvalue weighted by Crippen LogP contribution is -1.96. The number of rotatable bonds is 2. The van der Waals surface area contributed by atoms with E-state index in [0.717, 1.165) is 5.56 Å². The van der Waals surface area contributed by atoms with E-state index in [1.54, 1.807) is 6.07 Å². The average molecular weight is 307 g/mol. The minimum absolute atomic E-state index is 0. The molecule has 0 atom stereocenters. The Labute approximate surface area is 121 Å². The van der Waals surface area contributed by atoms with Gasteiger partial charge in [-0.15, -0.1) is 12.4 Å². The zero-order chi connectivity index (χ0) is 12.4. The molecule has 0 unspecified atom stereocenters. The van der Waals surface area contributed by atoms with E-state index in [-0.39, 0.29) is 18.2 Å². The molecule has 0 bridgehead atoms. The second-order valence-electron chi connectivity index (χ2n) is 3.64. The molecule has 2 aromatic carbocycles. The Morgan fingerprint density at radius 1 is 0.944 bits per heavy atom. The van der Waals surface area contributed by atoms with E-state index >= 15 is 0 Å². The summed E-state index contributed by atoms with van der Waals surface area (Å²) in [5.41, 5.74) is 7.76. The minimum atomic E-state index is -0.349. The van der Waals surface area contributed by atoms with Crippen molar-refractivity contribution in [2.24, 2.45) is 5.73 Å². The van der Waals surface area contributed by atoms with Crippen LogP contribution in [0, 0.1) is 5.82 Å². The van der Waals surface area contributed by atoms with Crippen LogP contribution in [0.15, 0.2) is 36.4 Å². The van der Waals surface area contributed by atoms with Gasteiger partial charge in [0, 0.05) is 27.7 Å². The molecule has 1 nitrogen and oxygen atoms in total. The molecule has 0 saturated heterocycles. The fourth-order valence-corrected chi connectivity index (χ4v) is 2.05. The molecule has 2 aromatic rings. The Bertz CT molecular complexity index is 558.